The van der Waals surface area contributed by atoms with Crippen LogP contribution in [0.4, 0.5) is 17.1 Å². The van der Waals surface area contributed by atoms with Crippen LogP contribution >= 0.6 is 11.3 Å². The Bertz CT molecular complexity index is 3960. The normalized spacial score (nSPS) is 14.9. The summed E-state index contributed by atoms with van der Waals surface area (Å²) >= 11 is 1.54. The monoisotopic (exact) mass is 799 g/mol. The molecule has 0 saturated heterocycles. The van der Waals surface area contributed by atoms with E-state index in [1.807, 2.05) is 109 Å². The Kier molecular flexibility index (Phi) is 5.92. The van der Waals surface area contributed by atoms with Crippen LogP contribution in [0.25, 0.3) is 75.5 Å². The number of hydrogen-bond acceptors (Lipinski definition) is 2. The second-order valence-corrected chi connectivity index (χ2v) is 16.7. The van der Waals surface area contributed by atoms with E-state index in [0.29, 0.717) is 16.8 Å². The molecule has 0 bridgehead atoms. The van der Waals surface area contributed by atoms with E-state index in [4.69, 9.17) is 0 Å². The van der Waals surface area contributed by atoms with E-state index in [-0.39, 0.29) is 58.8 Å². The zero-order valence-electron chi connectivity index (χ0n) is 40.6. The van der Waals surface area contributed by atoms with Gasteiger partial charge in [0.1, 0.15) is 0 Å². The average molecular weight is 800 g/mol. The summed E-state index contributed by atoms with van der Waals surface area (Å²) in [6.07, 6.45) is 0. The van der Waals surface area contributed by atoms with Gasteiger partial charge in [0.05, 0.1) is 22.1 Å². The molecule has 1 aromatic heterocycles. The lowest BCUT2D eigenvalue weighted by molar-refractivity contribution is 0.794. The van der Waals surface area contributed by atoms with E-state index in [1.54, 1.807) is 0 Å². The van der Waals surface area contributed by atoms with Gasteiger partial charge >= 0.3 is 0 Å². The molecule has 1 nitrogen and oxygen atoms in total. The van der Waals surface area contributed by atoms with Crippen LogP contribution in [-0.2, 0) is 5.41 Å². The van der Waals surface area contributed by atoms with Crippen LogP contribution in [0.5, 0.6) is 0 Å². The number of rotatable bonds is 5. The van der Waals surface area contributed by atoms with Crippen molar-refractivity contribution in [3.8, 4) is 44.5 Å². The van der Waals surface area contributed by atoms with Crippen molar-refractivity contribution < 1.29 is 11.0 Å². The second kappa shape index (κ2) is 13.2. The number of benzene rings is 10. The van der Waals surface area contributed by atoms with Gasteiger partial charge in [-0.2, -0.15) is 0 Å². The lowest BCUT2D eigenvalue weighted by atomic mass is 9.70. The number of nitrogens with zero attached hydrogens (tertiary/aromatic N) is 1. The molecule has 0 saturated carbocycles. The Hall–Kier alpha value is -7.52. The Morgan fingerprint density at radius 1 is 0.410 bits per heavy atom. The molecule has 0 N–H and O–H groups in total. The molecule has 2 aliphatic rings. The van der Waals surface area contributed by atoms with Crippen LogP contribution in [0, 0.1) is 0 Å². The first-order chi connectivity index (χ1) is 33.6. The highest BCUT2D eigenvalue weighted by molar-refractivity contribution is 7.26. The van der Waals surface area contributed by atoms with Crippen molar-refractivity contribution >= 4 is 59.3 Å². The van der Waals surface area contributed by atoms with Crippen LogP contribution < -0.4 is 4.90 Å². The van der Waals surface area contributed by atoms with Crippen molar-refractivity contribution in [2.45, 2.75) is 5.41 Å². The molecule has 2 heteroatoms. The molecule has 13 rings (SSSR count). The Morgan fingerprint density at radius 2 is 0.984 bits per heavy atom. The minimum absolute atomic E-state index is 0.123. The van der Waals surface area contributed by atoms with Gasteiger partial charge in [-0.05, 0) is 108 Å². The predicted molar refractivity (Wildman–Crippen MR) is 259 cm³/mol. The van der Waals surface area contributed by atoms with Crippen LogP contribution in [-0.4, -0.2) is 0 Å². The fraction of sp³-hybridized carbons (Fsp3) is 0.0169. The maximum absolute atomic E-state index is 10.3. The van der Waals surface area contributed by atoms with Crippen molar-refractivity contribution in [2.24, 2.45) is 0 Å². The van der Waals surface area contributed by atoms with E-state index in [1.165, 1.54) is 16.2 Å². The lowest BCUT2D eigenvalue weighted by Crippen LogP contribution is -2.26. The molecule has 0 atom stereocenters. The summed E-state index contributed by atoms with van der Waals surface area (Å²) in [5.41, 5.74) is 8.66. The van der Waals surface area contributed by atoms with Gasteiger partial charge in [0.15, 0.2) is 0 Å². The second-order valence-electron chi connectivity index (χ2n) is 15.7. The van der Waals surface area contributed by atoms with E-state index >= 15 is 0 Å². The van der Waals surface area contributed by atoms with Gasteiger partial charge in [-0.1, -0.05) is 188 Å². The van der Waals surface area contributed by atoms with E-state index in [9.17, 15) is 11.0 Å². The zero-order chi connectivity index (χ0) is 47.0. The van der Waals surface area contributed by atoms with E-state index < -0.39 is 17.5 Å². The topological polar surface area (TPSA) is 3.24 Å². The third kappa shape index (κ3) is 4.88. The molecule has 1 spiro atoms. The van der Waals surface area contributed by atoms with Gasteiger partial charge in [-0.3, -0.25) is 0 Å². The molecule has 0 unspecified atom stereocenters. The highest BCUT2D eigenvalue weighted by atomic mass is 32.1. The number of anilines is 3. The molecule has 0 radical (unpaired) electrons. The van der Waals surface area contributed by atoms with Gasteiger partial charge in [-0.15, -0.1) is 11.3 Å². The molecule has 1 heterocycles. The molecule has 0 aliphatic heterocycles. The number of hydrogen-bond donors (Lipinski definition) is 0. The van der Waals surface area contributed by atoms with Crippen molar-refractivity contribution in [1.82, 2.24) is 0 Å². The van der Waals surface area contributed by atoms with Gasteiger partial charge in [0, 0.05) is 37.1 Å². The highest BCUT2D eigenvalue weighted by Gasteiger charge is 2.52. The third-order valence-electron chi connectivity index (χ3n) is 12.6. The molecular formula is C59H37NS. The first-order valence-electron chi connectivity index (χ1n) is 24.4. The van der Waals surface area contributed by atoms with Crippen LogP contribution in [0.15, 0.2) is 224 Å². The van der Waals surface area contributed by atoms with Gasteiger partial charge in [0.25, 0.3) is 0 Å². The molecule has 0 fully saturated rings. The summed E-state index contributed by atoms with van der Waals surface area (Å²) in [6.45, 7) is 0. The minimum Gasteiger partial charge on any atom is -0.310 e. The van der Waals surface area contributed by atoms with E-state index in [2.05, 4.69) is 66.7 Å². The smallest absolute Gasteiger partial charge is 0.0726 e. The van der Waals surface area contributed by atoms with Crippen LogP contribution in [0.3, 0.4) is 0 Å². The SMILES string of the molecule is [2H]c1c([2H])c(-c2cccc3c2sc2ccccc23)c([2H])c(N(c2cccc3c2-c2ccccc2C32c3ccccc3-c3ccccc32)c2c([2H])c([2H])c(-c3cccc4ccccc34)c([2H])c2[2H])c1[2H]. The molecular weight excluding hydrogens is 755 g/mol. The van der Waals surface area contributed by atoms with E-state index in [0.717, 1.165) is 75.5 Å². The van der Waals surface area contributed by atoms with Crippen molar-refractivity contribution in [3.63, 3.8) is 0 Å². The fourth-order valence-corrected chi connectivity index (χ4v) is 11.4. The first kappa shape index (κ1) is 27.3. The standard InChI is InChI=1S/C59H37NS/c1-2-19-43-38(15-1)16-12-24-44(43)39-33-35-41(36-34-39)60(42-18-11-17-40(37-42)45-25-13-26-49-48-22-6-10-32-56(48)61-58(45)49)55-31-14-30-54-57(55)50-23-5-9-29-53(50)59(54)51-27-7-3-20-46(51)47-21-4-8-28-52(47)59/h1-37H/i11D,17D,18D,33D,34D,35D,36D,37D. The molecule has 284 valence electrons. The first-order valence-corrected chi connectivity index (χ1v) is 21.3. The summed E-state index contributed by atoms with van der Waals surface area (Å²) in [5.74, 6) is 0. The van der Waals surface area contributed by atoms with Crippen molar-refractivity contribution in [1.29, 1.82) is 0 Å². The molecule has 2 aliphatic carbocycles. The Labute approximate surface area is 370 Å². The predicted octanol–water partition coefficient (Wildman–Crippen LogP) is 16.4. The summed E-state index contributed by atoms with van der Waals surface area (Å²) < 4.78 is 80.8. The molecule has 10 aromatic carbocycles. The fourth-order valence-electron chi connectivity index (χ4n) is 10.2. The quantitative estimate of drug-likeness (QED) is 0.168. The summed E-state index contributed by atoms with van der Waals surface area (Å²) in [7, 11) is 0. The van der Waals surface area contributed by atoms with Gasteiger partial charge < -0.3 is 4.90 Å². The van der Waals surface area contributed by atoms with Crippen LogP contribution in [0.1, 0.15) is 33.2 Å². The zero-order valence-corrected chi connectivity index (χ0v) is 33.4. The van der Waals surface area contributed by atoms with Crippen molar-refractivity contribution in [3.05, 3.63) is 247 Å². The summed E-state index contributed by atoms with van der Waals surface area (Å²) in [4.78, 5) is 1.53. The lowest BCUT2D eigenvalue weighted by Gasteiger charge is -2.32. The maximum Gasteiger partial charge on any atom is 0.0726 e. The summed E-state index contributed by atoms with van der Waals surface area (Å²) in [5, 5.41) is 3.63. The van der Waals surface area contributed by atoms with Crippen LogP contribution in [0.2, 0.25) is 0 Å². The summed E-state index contributed by atoms with van der Waals surface area (Å²) in [6, 6.07) is 55.3. The molecule has 61 heavy (non-hydrogen) atoms. The van der Waals surface area contributed by atoms with Gasteiger partial charge in [-0.25, -0.2) is 0 Å². The largest absolute Gasteiger partial charge is 0.310 e. The Balaban J connectivity index is 1.16. The molecule has 0 amide bonds. The highest BCUT2D eigenvalue weighted by Crippen LogP contribution is 2.64. The molecule has 11 aromatic rings. The maximum atomic E-state index is 10.3. The van der Waals surface area contributed by atoms with Gasteiger partial charge in [0.2, 0.25) is 0 Å². The average Bonchev–Trinajstić information content (AvgIpc) is 4.02. The Morgan fingerprint density at radius 3 is 1.79 bits per heavy atom. The van der Waals surface area contributed by atoms with Crippen molar-refractivity contribution in [2.75, 3.05) is 4.90 Å². The number of fused-ring (bicyclic) bond motifs is 14. The third-order valence-corrected chi connectivity index (χ3v) is 13.9. The number of thiophene rings is 1. The minimum atomic E-state index is -0.797.